The van der Waals surface area contributed by atoms with Gasteiger partial charge in [0.2, 0.25) is 0 Å². The molecule has 4 nitrogen and oxygen atoms in total. The average molecular weight is 656 g/mol. The minimum Gasteiger partial charge on any atom is -0.490 e. The fourth-order valence-corrected chi connectivity index (χ4v) is 5.92. The van der Waals surface area contributed by atoms with E-state index in [9.17, 15) is 4.79 Å². The molecule has 0 aromatic heterocycles. The molecule has 1 fully saturated rings. The molecular weight excluding hydrogens is 636 g/mol. The lowest BCUT2D eigenvalue weighted by atomic mass is 10.1. The van der Waals surface area contributed by atoms with E-state index in [0.29, 0.717) is 43.9 Å². The van der Waals surface area contributed by atoms with Crippen molar-refractivity contribution in [3.63, 3.8) is 0 Å². The summed E-state index contributed by atoms with van der Waals surface area (Å²) in [5.74, 6) is 1.11. The van der Waals surface area contributed by atoms with Gasteiger partial charge in [0.1, 0.15) is 10.9 Å². The predicted molar refractivity (Wildman–Crippen MR) is 156 cm³/mol. The summed E-state index contributed by atoms with van der Waals surface area (Å²) in [4.78, 5) is 15.3. The van der Waals surface area contributed by atoms with Gasteiger partial charge in [-0.15, -0.1) is 0 Å². The third-order valence-electron chi connectivity index (χ3n) is 5.07. The first-order chi connectivity index (χ1) is 16.9. The number of ether oxygens (including phenoxy) is 2. The average Bonchev–Trinajstić information content (AvgIpc) is 3.08. The van der Waals surface area contributed by atoms with Gasteiger partial charge in [0.25, 0.3) is 5.91 Å². The summed E-state index contributed by atoms with van der Waals surface area (Å²) >= 11 is 21.3. The molecule has 0 N–H and O–H groups in total. The lowest BCUT2D eigenvalue weighted by Crippen LogP contribution is -2.27. The molecule has 9 heteroatoms. The molecule has 180 valence electrons. The van der Waals surface area contributed by atoms with E-state index in [2.05, 4.69) is 22.6 Å². The van der Waals surface area contributed by atoms with Crippen LogP contribution >= 0.6 is 69.8 Å². The lowest BCUT2D eigenvalue weighted by molar-refractivity contribution is -0.122. The number of benzene rings is 3. The first-order valence-electron chi connectivity index (χ1n) is 10.7. The molecule has 1 amide bonds. The van der Waals surface area contributed by atoms with Crippen molar-refractivity contribution < 1.29 is 14.3 Å². The van der Waals surface area contributed by atoms with E-state index in [-0.39, 0.29) is 12.5 Å². The Morgan fingerprint density at radius 1 is 1.09 bits per heavy atom. The Labute approximate surface area is 237 Å². The van der Waals surface area contributed by atoms with E-state index in [1.54, 1.807) is 17.0 Å². The van der Waals surface area contributed by atoms with Gasteiger partial charge in [0.15, 0.2) is 11.5 Å². The summed E-state index contributed by atoms with van der Waals surface area (Å²) in [6.07, 6.45) is 1.84. The molecular formula is C26H20Cl2INO3S2. The van der Waals surface area contributed by atoms with Crippen LogP contribution in [0.2, 0.25) is 10.0 Å². The number of hydrogen-bond donors (Lipinski definition) is 0. The van der Waals surface area contributed by atoms with Crippen LogP contribution in [-0.2, 0) is 17.9 Å². The number of thiocarbonyl (C=S) groups is 1. The Balaban J connectivity index is 1.56. The van der Waals surface area contributed by atoms with E-state index >= 15 is 0 Å². The Hall–Kier alpha value is -1.78. The molecule has 1 aliphatic rings. The quantitative estimate of drug-likeness (QED) is 0.140. The minimum absolute atomic E-state index is 0.102. The zero-order chi connectivity index (χ0) is 24.9. The first kappa shape index (κ1) is 26.3. The van der Waals surface area contributed by atoms with Crippen LogP contribution in [0.5, 0.6) is 11.5 Å². The first-order valence-corrected chi connectivity index (χ1v) is 13.7. The van der Waals surface area contributed by atoms with Gasteiger partial charge < -0.3 is 9.47 Å². The summed E-state index contributed by atoms with van der Waals surface area (Å²) < 4.78 is 13.4. The highest BCUT2D eigenvalue weighted by atomic mass is 127. The lowest BCUT2D eigenvalue weighted by Gasteiger charge is -2.16. The van der Waals surface area contributed by atoms with Crippen molar-refractivity contribution >= 4 is 86.1 Å². The van der Waals surface area contributed by atoms with E-state index in [1.807, 2.05) is 61.5 Å². The highest BCUT2D eigenvalue weighted by Gasteiger charge is 2.32. The Kier molecular flexibility index (Phi) is 8.99. The Morgan fingerprint density at radius 3 is 2.57 bits per heavy atom. The molecule has 1 heterocycles. The second-order valence-electron chi connectivity index (χ2n) is 7.54. The second-order valence-corrected chi connectivity index (χ2v) is 11.2. The van der Waals surface area contributed by atoms with Crippen molar-refractivity contribution in [1.82, 2.24) is 4.90 Å². The zero-order valence-corrected chi connectivity index (χ0v) is 23.9. The SMILES string of the molecule is CCOc1cc(/C=C2\SC(=S)N(Cc3ccccc3)C2=O)cc(I)c1OCc1ccc(Cl)cc1Cl. The zero-order valence-electron chi connectivity index (χ0n) is 18.6. The molecule has 0 radical (unpaired) electrons. The third kappa shape index (κ3) is 6.51. The van der Waals surface area contributed by atoms with Crippen LogP contribution in [0.4, 0.5) is 0 Å². The number of carbonyl (C=O) groups excluding carboxylic acids is 1. The fraction of sp³-hybridized carbons (Fsp3) is 0.154. The van der Waals surface area contributed by atoms with Crippen LogP contribution in [-0.4, -0.2) is 21.7 Å². The van der Waals surface area contributed by atoms with Crippen molar-refractivity contribution in [2.45, 2.75) is 20.1 Å². The van der Waals surface area contributed by atoms with Gasteiger partial charge in [-0.3, -0.25) is 9.69 Å². The summed E-state index contributed by atoms with van der Waals surface area (Å²) in [7, 11) is 0. The summed E-state index contributed by atoms with van der Waals surface area (Å²) in [5, 5.41) is 1.11. The van der Waals surface area contributed by atoms with Crippen molar-refractivity contribution in [2.24, 2.45) is 0 Å². The van der Waals surface area contributed by atoms with E-state index in [4.69, 9.17) is 44.9 Å². The number of rotatable bonds is 8. The predicted octanol–water partition coefficient (Wildman–Crippen LogP) is 7.98. The molecule has 3 aromatic rings. The maximum atomic E-state index is 13.1. The molecule has 0 unspecified atom stereocenters. The van der Waals surface area contributed by atoms with Crippen LogP contribution in [0.3, 0.4) is 0 Å². The maximum absolute atomic E-state index is 13.1. The fourth-order valence-electron chi connectivity index (χ4n) is 3.42. The standard InChI is InChI=1S/C26H20Cl2INO3S2/c1-2-32-22-11-17(10-21(29)24(22)33-15-18-8-9-19(27)13-20(18)28)12-23-25(31)30(26(34)35-23)14-16-6-4-3-5-7-16/h3-13H,2,14-15H2,1H3/b23-12-. The smallest absolute Gasteiger partial charge is 0.266 e. The van der Waals surface area contributed by atoms with E-state index in [1.165, 1.54) is 11.8 Å². The normalized spacial score (nSPS) is 14.6. The molecule has 0 bridgehead atoms. The van der Waals surface area contributed by atoms with Gasteiger partial charge in [0, 0.05) is 15.6 Å². The van der Waals surface area contributed by atoms with E-state index < -0.39 is 0 Å². The number of hydrogen-bond acceptors (Lipinski definition) is 5. The van der Waals surface area contributed by atoms with Crippen LogP contribution in [0.15, 0.2) is 65.6 Å². The number of amides is 1. The molecule has 4 rings (SSSR count). The van der Waals surface area contributed by atoms with Crippen molar-refractivity contribution in [3.8, 4) is 11.5 Å². The molecule has 0 atom stereocenters. The van der Waals surface area contributed by atoms with Gasteiger partial charge in [-0.25, -0.2) is 0 Å². The largest absolute Gasteiger partial charge is 0.490 e. The van der Waals surface area contributed by atoms with Gasteiger partial charge in [-0.2, -0.15) is 0 Å². The molecule has 0 spiro atoms. The van der Waals surface area contributed by atoms with Gasteiger partial charge in [-0.1, -0.05) is 83.6 Å². The number of halogens is 3. The Morgan fingerprint density at radius 2 is 1.86 bits per heavy atom. The maximum Gasteiger partial charge on any atom is 0.266 e. The summed E-state index contributed by atoms with van der Waals surface area (Å²) in [6, 6.07) is 18.9. The van der Waals surface area contributed by atoms with Crippen molar-refractivity contribution in [1.29, 1.82) is 0 Å². The van der Waals surface area contributed by atoms with Gasteiger partial charge in [0.05, 0.1) is 21.6 Å². The third-order valence-corrected chi connectivity index (χ3v) is 7.84. The highest BCUT2D eigenvalue weighted by molar-refractivity contribution is 14.1. The van der Waals surface area contributed by atoms with Gasteiger partial charge in [-0.05, 0) is 71.0 Å². The molecule has 1 saturated heterocycles. The van der Waals surface area contributed by atoms with Crippen LogP contribution < -0.4 is 9.47 Å². The second kappa shape index (κ2) is 12.0. The Bertz CT molecular complexity index is 1300. The number of carbonyl (C=O) groups is 1. The number of nitrogens with zero attached hydrogens (tertiary/aromatic N) is 1. The molecule has 3 aromatic carbocycles. The highest BCUT2D eigenvalue weighted by Crippen LogP contribution is 2.38. The molecule has 1 aliphatic heterocycles. The molecule has 0 aliphatic carbocycles. The minimum atomic E-state index is -0.102. The van der Waals surface area contributed by atoms with Crippen LogP contribution in [0, 0.1) is 3.57 Å². The monoisotopic (exact) mass is 655 g/mol. The molecule has 35 heavy (non-hydrogen) atoms. The topological polar surface area (TPSA) is 38.8 Å². The van der Waals surface area contributed by atoms with E-state index in [0.717, 1.165) is 20.3 Å². The summed E-state index contributed by atoms with van der Waals surface area (Å²) in [6.45, 7) is 3.10. The van der Waals surface area contributed by atoms with Crippen molar-refractivity contribution in [3.05, 3.63) is 95.9 Å². The van der Waals surface area contributed by atoms with Crippen LogP contribution in [0.25, 0.3) is 6.08 Å². The number of thioether (sulfide) groups is 1. The molecule has 0 saturated carbocycles. The van der Waals surface area contributed by atoms with Gasteiger partial charge >= 0.3 is 0 Å². The summed E-state index contributed by atoms with van der Waals surface area (Å²) in [5.41, 5.74) is 2.68. The van der Waals surface area contributed by atoms with Crippen LogP contribution in [0.1, 0.15) is 23.6 Å². The van der Waals surface area contributed by atoms with Crippen molar-refractivity contribution in [2.75, 3.05) is 6.61 Å².